The van der Waals surface area contributed by atoms with Crippen molar-refractivity contribution >= 4 is 11.9 Å². The summed E-state index contributed by atoms with van der Waals surface area (Å²) in [7, 11) is 0. The highest BCUT2D eigenvalue weighted by molar-refractivity contribution is 5.85. The third kappa shape index (κ3) is 4.88. The standard InChI is InChI=1S/C17H23NO3/c1-11(2)9-12-3-5-13(6-4-12)10-15(19)18-16(17(20)21)14-7-8-14/h3-6,11,14,16H,7-10H2,1-2H3,(H,18,19)(H,20,21). The van der Waals surface area contributed by atoms with Gasteiger partial charge in [-0.3, -0.25) is 4.79 Å². The number of nitrogens with one attached hydrogen (secondary N) is 1. The first-order chi connectivity index (χ1) is 9.95. The molecule has 0 spiro atoms. The zero-order chi connectivity index (χ0) is 15.4. The third-order valence-corrected chi connectivity index (χ3v) is 3.71. The monoisotopic (exact) mass is 289 g/mol. The van der Waals surface area contributed by atoms with Crippen molar-refractivity contribution in [3.05, 3.63) is 35.4 Å². The lowest BCUT2D eigenvalue weighted by Gasteiger charge is -2.13. The Hall–Kier alpha value is -1.84. The number of rotatable bonds is 7. The number of benzene rings is 1. The lowest BCUT2D eigenvalue weighted by Crippen LogP contribution is -2.43. The number of carboxylic acids is 1. The van der Waals surface area contributed by atoms with Gasteiger partial charge in [0.1, 0.15) is 6.04 Å². The summed E-state index contributed by atoms with van der Waals surface area (Å²) in [6.45, 7) is 4.34. The fourth-order valence-corrected chi connectivity index (χ4v) is 2.49. The van der Waals surface area contributed by atoms with Gasteiger partial charge in [-0.25, -0.2) is 4.79 Å². The van der Waals surface area contributed by atoms with Crippen molar-refractivity contribution in [3.8, 4) is 0 Å². The predicted octanol–water partition coefficient (Wildman–Crippen LogP) is 2.41. The van der Waals surface area contributed by atoms with E-state index in [-0.39, 0.29) is 18.2 Å². The van der Waals surface area contributed by atoms with Crippen LogP contribution in [0.4, 0.5) is 0 Å². The molecule has 0 aliphatic heterocycles. The molecule has 1 atom stereocenters. The average molecular weight is 289 g/mol. The summed E-state index contributed by atoms with van der Waals surface area (Å²) in [5.74, 6) is -0.432. The van der Waals surface area contributed by atoms with Crippen LogP contribution < -0.4 is 5.32 Å². The molecular formula is C17H23NO3. The van der Waals surface area contributed by atoms with Gasteiger partial charge < -0.3 is 10.4 Å². The first-order valence-electron chi connectivity index (χ1n) is 7.55. The van der Waals surface area contributed by atoms with E-state index >= 15 is 0 Å². The van der Waals surface area contributed by atoms with Crippen molar-refractivity contribution in [2.75, 3.05) is 0 Å². The van der Waals surface area contributed by atoms with Gasteiger partial charge in [0.15, 0.2) is 0 Å². The first-order valence-corrected chi connectivity index (χ1v) is 7.55. The minimum Gasteiger partial charge on any atom is -0.480 e. The van der Waals surface area contributed by atoms with Crippen LogP contribution in [0, 0.1) is 11.8 Å². The van der Waals surface area contributed by atoms with Crippen molar-refractivity contribution in [3.63, 3.8) is 0 Å². The van der Waals surface area contributed by atoms with E-state index in [2.05, 4.69) is 19.2 Å². The van der Waals surface area contributed by atoms with Crippen molar-refractivity contribution in [2.45, 2.75) is 45.6 Å². The predicted molar refractivity (Wildman–Crippen MR) is 81.0 cm³/mol. The summed E-state index contributed by atoms with van der Waals surface area (Å²) >= 11 is 0. The van der Waals surface area contributed by atoms with E-state index in [0.717, 1.165) is 24.8 Å². The van der Waals surface area contributed by atoms with Gasteiger partial charge >= 0.3 is 5.97 Å². The third-order valence-electron chi connectivity index (χ3n) is 3.71. The van der Waals surface area contributed by atoms with Crippen LogP contribution in [0.15, 0.2) is 24.3 Å². The maximum atomic E-state index is 11.9. The van der Waals surface area contributed by atoms with Crippen LogP contribution >= 0.6 is 0 Å². The lowest BCUT2D eigenvalue weighted by molar-refractivity contribution is -0.142. The zero-order valence-corrected chi connectivity index (χ0v) is 12.6. The maximum absolute atomic E-state index is 11.9. The molecule has 1 aliphatic carbocycles. The Morgan fingerprint density at radius 1 is 1.19 bits per heavy atom. The number of carbonyl (C=O) groups is 2. The largest absolute Gasteiger partial charge is 0.480 e. The number of aliphatic carboxylic acids is 1. The molecule has 0 saturated heterocycles. The molecule has 1 aliphatic rings. The topological polar surface area (TPSA) is 66.4 Å². The summed E-state index contributed by atoms with van der Waals surface area (Å²) < 4.78 is 0. The van der Waals surface area contributed by atoms with E-state index in [0.29, 0.717) is 5.92 Å². The molecule has 1 saturated carbocycles. The van der Waals surface area contributed by atoms with Crippen LogP contribution in [-0.4, -0.2) is 23.0 Å². The summed E-state index contributed by atoms with van der Waals surface area (Å²) in [6.07, 6.45) is 3.04. The van der Waals surface area contributed by atoms with Crippen LogP contribution in [0.2, 0.25) is 0 Å². The Morgan fingerprint density at radius 2 is 1.76 bits per heavy atom. The fraction of sp³-hybridized carbons (Fsp3) is 0.529. The van der Waals surface area contributed by atoms with Crippen LogP contribution in [0.25, 0.3) is 0 Å². The molecule has 0 radical (unpaired) electrons. The quantitative estimate of drug-likeness (QED) is 0.810. The van der Waals surface area contributed by atoms with Gasteiger partial charge in [-0.1, -0.05) is 38.1 Å². The van der Waals surface area contributed by atoms with Crippen LogP contribution in [0.5, 0.6) is 0 Å². The van der Waals surface area contributed by atoms with Crippen molar-refractivity contribution in [2.24, 2.45) is 11.8 Å². The molecule has 0 heterocycles. The van der Waals surface area contributed by atoms with Gasteiger partial charge in [0.2, 0.25) is 5.91 Å². The minimum atomic E-state index is -0.932. The van der Waals surface area contributed by atoms with Crippen molar-refractivity contribution < 1.29 is 14.7 Å². The fourth-order valence-electron chi connectivity index (χ4n) is 2.49. The molecule has 114 valence electrons. The van der Waals surface area contributed by atoms with Gasteiger partial charge in [-0.15, -0.1) is 0 Å². The molecule has 0 aromatic heterocycles. The van der Waals surface area contributed by atoms with Gasteiger partial charge in [-0.2, -0.15) is 0 Å². The lowest BCUT2D eigenvalue weighted by atomic mass is 10.0. The molecule has 2 rings (SSSR count). The number of carbonyl (C=O) groups excluding carboxylic acids is 1. The minimum absolute atomic E-state index is 0.111. The Balaban J connectivity index is 1.88. The summed E-state index contributed by atoms with van der Waals surface area (Å²) in [6, 6.07) is 7.25. The zero-order valence-electron chi connectivity index (χ0n) is 12.6. The van der Waals surface area contributed by atoms with E-state index in [9.17, 15) is 9.59 Å². The molecule has 1 unspecified atom stereocenters. The van der Waals surface area contributed by atoms with E-state index in [1.807, 2.05) is 24.3 Å². The molecule has 4 heteroatoms. The Morgan fingerprint density at radius 3 is 2.24 bits per heavy atom. The maximum Gasteiger partial charge on any atom is 0.326 e. The molecule has 1 aromatic rings. The molecule has 0 bridgehead atoms. The summed E-state index contributed by atoms with van der Waals surface area (Å²) in [5.41, 5.74) is 2.18. The molecular weight excluding hydrogens is 266 g/mol. The van der Waals surface area contributed by atoms with Gasteiger partial charge in [0, 0.05) is 0 Å². The highest BCUT2D eigenvalue weighted by Crippen LogP contribution is 2.32. The van der Waals surface area contributed by atoms with Gasteiger partial charge in [0.25, 0.3) is 0 Å². The molecule has 1 amide bonds. The smallest absolute Gasteiger partial charge is 0.326 e. The van der Waals surface area contributed by atoms with E-state index in [1.54, 1.807) is 0 Å². The SMILES string of the molecule is CC(C)Cc1ccc(CC(=O)NC(C(=O)O)C2CC2)cc1. The molecule has 1 aromatic carbocycles. The summed E-state index contributed by atoms with van der Waals surface area (Å²) in [5, 5.41) is 11.7. The number of carboxylic acid groups (broad SMARTS) is 1. The molecule has 1 fully saturated rings. The van der Waals surface area contributed by atoms with Gasteiger partial charge in [-0.05, 0) is 42.2 Å². The highest BCUT2D eigenvalue weighted by Gasteiger charge is 2.37. The molecule has 4 nitrogen and oxygen atoms in total. The van der Waals surface area contributed by atoms with Gasteiger partial charge in [0.05, 0.1) is 6.42 Å². The van der Waals surface area contributed by atoms with E-state index in [4.69, 9.17) is 5.11 Å². The molecule has 21 heavy (non-hydrogen) atoms. The van der Waals surface area contributed by atoms with E-state index in [1.165, 1.54) is 5.56 Å². The van der Waals surface area contributed by atoms with E-state index < -0.39 is 12.0 Å². The summed E-state index contributed by atoms with van der Waals surface area (Å²) in [4.78, 5) is 23.0. The second kappa shape index (κ2) is 6.74. The van der Waals surface area contributed by atoms with Crippen molar-refractivity contribution in [1.29, 1.82) is 0 Å². The van der Waals surface area contributed by atoms with Crippen molar-refractivity contribution in [1.82, 2.24) is 5.32 Å². The normalized spacial score (nSPS) is 15.8. The van der Waals surface area contributed by atoms with Crippen LogP contribution in [-0.2, 0) is 22.4 Å². The Labute approximate surface area is 125 Å². The number of hydrogen-bond donors (Lipinski definition) is 2. The average Bonchev–Trinajstić information content (AvgIpc) is 3.21. The van der Waals surface area contributed by atoms with Crippen LogP contribution in [0.3, 0.4) is 0 Å². The second-order valence-electron chi connectivity index (χ2n) is 6.31. The van der Waals surface area contributed by atoms with Crippen LogP contribution in [0.1, 0.15) is 37.8 Å². The molecule has 2 N–H and O–H groups in total. The highest BCUT2D eigenvalue weighted by atomic mass is 16.4. The Bertz CT molecular complexity index is 503. The number of amides is 1. The Kier molecular flexibility index (Phi) is 4.99. The first kappa shape index (κ1) is 15.5. The second-order valence-corrected chi connectivity index (χ2v) is 6.31. The number of hydrogen-bond acceptors (Lipinski definition) is 2.